The molecule has 0 spiro atoms. The van der Waals surface area contributed by atoms with E-state index in [0.717, 1.165) is 12.5 Å². The van der Waals surface area contributed by atoms with Crippen LogP contribution in [0.3, 0.4) is 0 Å². The number of methoxy groups -OCH3 is 1. The summed E-state index contributed by atoms with van der Waals surface area (Å²) < 4.78 is 5.42. The first kappa shape index (κ1) is 13.9. The van der Waals surface area contributed by atoms with Gasteiger partial charge in [0.05, 0.1) is 5.60 Å². The highest BCUT2D eigenvalue weighted by atomic mass is 16.5. The quantitative estimate of drug-likeness (QED) is 0.775. The summed E-state index contributed by atoms with van der Waals surface area (Å²) in [5.41, 5.74) is -0.0558. The molecule has 0 aromatic rings. The molecule has 96 valence electrons. The van der Waals surface area contributed by atoms with Crippen LogP contribution in [0.15, 0.2) is 0 Å². The lowest BCUT2D eigenvalue weighted by atomic mass is 9.90. The highest BCUT2D eigenvalue weighted by Crippen LogP contribution is 2.20. The lowest BCUT2D eigenvalue weighted by Crippen LogP contribution is -2.46. The number of likely N-dealkylation sites (tertiary alicyclic amines) is 1. The topological polar surface area (TPSA) is 24.5 Å². The van der Waals surface area contributed by atoms with Crippen LogP contribution >= 0.6 is 0 Å². The van der Waals surface area contributed by atoms with E-state index in [2.05, 4.69) is 38.0 Å². The largest absolute Gasteiger partial charge is 0.377 e. The van der Waals surface area contributed by atoms with Gasteiger partial charge in [-0.2, -0.15) is 0 Å². The van der Waals surface area contributed by atoms with Gasteiger partial charge in [-0.25, -0.2) is 0 Å². The van der Waals surface area contributed by atoms with E-state index >= 15 is 0 Å². The van der Waals surface area contributed by atoms with Crippen molar-refractivity contribution < 1.29 is 4.74 Å². The predicted octanol–water partition coefficient (Wildman–Crippen LogP) is 1.73. The molecule has 16 heavy (non-hydrogen) atoms. The van der Waals surface area contributed by atoms with E-state index in [-0.39, 0.29) is 5.60 Å². The van der Waals surface area contributed by atoms with E-state index in [1.165, 1.54) is 25.9 Å². The van der Waals surface area contributed by atoms with Gasteiger partial charge in [0.1, 0.15) is 0 Å². The van der Waals surface area contributed by atoms with Crippen molar-refractivity contribution >= 4 is 0 Å². The molecule has 1 aliphatic heterocycles. The third-order valence-electron chi connectivity index (χ3n) is 3.87. The van der Waals surface area contributed by atoms with Crippen molar-refractivity contribution in [2.24, 2.45) is 5.92 Å². The zero-order valence-corrected chi connectivity index (χ0v) is 11.5. The number of ether oxygens (including phenoxy) is 1. The summed E-state index contributed by atoms with van der Waals surface area (Å²) in [5, 5.41) is 3.61. The lowest BCUT2D eigenvalue weighted by molar-refractivity contribution is 0.0188. The second-order valence-corrected chi connectivity index (χ2v) is 5.77. The lowest BCUT2D eigenvalue weighted by Gasteiger charge is -2.34. The van der Waals surface area contributed by atoms with Gasteiger partial charge in [-0.05, 0) is 59.7 Å². The Hall–Kier alpha value is -0.120. The maximum atomic E-state index is 5.42. The predicted molar refractivity (Wildman–Crippen MR) is 68.8 cm³/mol. The van der Waals surface area contributed by atoms with Crippen LogP contribution in [0.2, 0.25) is 0 Å². The fraction of sp³-hybridized carbons (Fsp3) is 1.00. The molecule has 3 nitrogen and oxygen atoms in total. The van der Waals surface area contributed by atoms with Gasteiger partial charge in [-0.3, -0.25) is 0 Å². The van der Waals surface area contributed by atoms with Crippen LogP contribution < -0.4 is 5.32 Å². The Morgan fingerprint density at radius 2 is 1.94 bits per heavy atom. The van der Waals surface area contributed by atoms with Crippen LogP contribution in [-0.4, -0.2) is 50.3 Å². The van der Waals surface area contributed by atoms with Crippen LogP contribution in [0.5, 0.6) is 0 Å². The minimum Gasteiger partial charge on any atom is -0.377 e. The summed E-state index contributed by atoms with van der Waals surface area (Å²) in [5.74, 6) is 0.823. The molecule has 0 aromatic heterocycles. The summed E-state index contributed by atoms with van der Waals surface area (Å²) >= 11 is 0. The highest BCUT2D eigenvalue weighted by molar-refractivity contribution is 4.81. The number of hydrogen-bond donors (Lipinski definition) is 1. The summed E-state index contributed by atoms with van der Waals surface area (Å²) in [7, 11) is 3.99. The molecule has 0 aliphatic carbocycles. The number of nitrogens with zero attached hydrogens (tertiary/aromatic N) is 1. The molecule has 1 fully saturated rings. The van der Waals surface area contributed by atoms with Crippen LogP contribution in [0.4, 0.5) is 0 Å². The van der Waals surface area contributed by atoms with Gasteiger partial charge in [0.25, 0.3) is 0 Å². The Morgan fingerprint density at radius 1 is 1.38 bits per heavy atom. The molecule has 1 atom stereocenters. The van der Waals surface area contributed by atoms with E-state index in [1.54, 1.807) is 7.11 Å². The molecule has 0 aromatic carbocycles. The van der Waals surface area contributed by atoms with Gasteiger partial charge in [0.2, 0.25) is 0 Å². The maximum Gasteiger partial charge on any atom is 0.0746 e. The zero-order valence-electron chi connectivity index (χ0n) is 11.5. The molecular formula is C13H28N2O. The van der Waals surface area contributed by atoms with Gasteiger partial charge >= 0.3 is 0 Å². The van der Waals surface area contributed by atoms with Gasteiger partial charge < -0.3 is 15.0 Å². The molecule has 3 heteroatoms. The monoisotopic (exact) mass is 228 g/mol. The fourth-order valence-electron chi connectivity index (χ4n) is 2.17. The van der Waals surface area contributed by atoms with Crippen molar-refractivity contribution in [3.8, 4) is 0 Å². The Balaban J connectivity index is 2.27. The Kier molecular flexibility index (Phi) is 5.22. The van der Waals surface area contributed by atoms with Crippen molar-refractivity contribution in [2.75, 3.05) is 33.8 Å². The molecule has 1 N–H and O–H groups in total. The molecule has 0 amide bonds. The first-order chi connectivity index (χ1) is 7.44. The Bertz CT molecular complexity index is 198. The third-order valence-corrected chi connectivity index (χ3v) is 3.87. The first-order valence-corrected chi connectivity index (χ1v) is 6.42. The molecule has 0 radical (unpaired) electrons. The van der Waals surface area contributed by atoms with E-state index in [9.17, 15) is 0 Å². The minimum atomic E-state index is -0.0558. The van der Waals surface area contributed by atoms with Crippen LogP contribution in [0, 0.1) is 5.92 Å². The van der Waals surface area contributed by atoms with Gasteiger partial charge in [-0.15, -0.1) is 0 Å². The molecule has 1 rings (SSSR count). The normalized spacial score (nSPS) is 22.3. The van der Waals surface area contributed by atoms with Crippen molar-refractivity contribution in [3.63, 3.8) is 0 Å². The van der Waals surface area contributed by atoms with E-state index in [4.69, 9.17) is 4.74 Å². The summed E-state index contributed by atoms with van der Waals surface area (Å²) in [6, 6.07) is 0.600. The van der Waals surface area contributed by atoms with E-state index in [1.807, 2.05) is 0 Å². The summed E-state index contributed by atoms with van der Waals surface area (Å²) in [4.78, 5) is 2.42. The zero-order chi connectivity index (χ0) is 12.2. The number of hydrogen-bond acceptors (Lipinski definition) is 3. The average Bonchev–Trinajstić information content (AvgIpc) is 2.27. The summed E-state index contributed by atoms with van der Waals surface area (Å²) in [6.07, 6.45) is 2.64. The summed E-state index contributed by atoms with van der Waals surface area (Å²) in [6.45, 7) is 9.97. The smallest absolute Gasteiger partial charge is 0.0746 e. The number of nitrogens with one attached hydrogen (secondary N) is 1. The highest BCUT2D eigenvalue weighted by Gasteiger charge is 2.24. The second kappa shape index (κ2) is 5.99. The molecule has 1 aliphatic rings. The van der Waals surface area contributed by atoms with Crippen LogP contribution in [-0.2, 0) is 4.74 Å². The second-order valence-electron chi connectivity index (χ2n) is 5.77. The number of piperidine rings is 1. The third kappa shape index (κ3) is 4.40. The Labute approximate surface area is 101 Å². The van der Waals surface area contributed by atoms with Crippen molar-refractivity contribution in [3.05, 3.63) is 0 Å². The number of rotatable bonds is 5. The van der Waals surface area contributed by atoms with E-state index in [0.29, 0.717) is 6.04 Å². The van der Waals surface area contributed by atoms with Gasteiger partial charge in [0.15, 0.2) is 0 Å². The molecule has 1 unspecified atom stereocenters. The standard InChI is InChI=1S/C13H28N2O/c1-11(14-10-13(2,3)16-5)12-6-8-15(4)9-7-12/h11-12,14H,6-10H2,1-5H3. The molecular weight excluding hydrogens is 200 g/mol. The average molecular weight is 228 g/mol. The fourth-order valence-corrected chi connectivity index (χ4v) is 2.17. The van der Waals surface area contributed by atoms with Gasteiger partial charge in [-0.1, -0.05) is 0 Å². The van der Waals surface area contributed by atoms with Gasteiger partial charge in [0, 0.05) is 19.7 Å². The molecule has 0 saturated carbocycles. The van der Waals surface area contributed by atoms with Crippen LogP contribution in [0.1, 0.15) is 33.6 Å². The van der Waals surface area contributed by atoms with Crippen molar-refractivity contribution in [2.45, 2.75) is 45.3 Å². The molecule has 0 bridgehead atoms. The van der Waals surface area contributed by atoms with Crippen LogP contribution in [0.25, 0.3) is 0 Å². The van der Waals surface area contributed by atoms with E-state index < -0.39 is 0 Å². The first-order valence-electron chi connectivity index (χ1n) is 6.42. The molecule has 1 heterocycles. The molecule has 1 saturated heterocycles. The Morgan fingerprint density at radius 3 is 2.44 bits per heavy atom. The van der Waals surface area contributed by atoms with Crippen molar-refractivity contribution in [1.82, 2.24) is 10.2 Å². The minimum absolute atomic E-state index is 0.0558. The SMILES string of the molecule is COC(C)(C)CNC(C)C1CCN(C)CC1. The maximum absolute atomic E-state index is 5.42. The van der Waals surface area contributed by atoms with Crippen molar-refractivity contribution in [1.29, 1.82) is 0 Å².